The number of nitrogens with zero attached hydrogens (tertiary/aromatic N) is 1. The van der Waals surface area contributed by atoms with E-state index < -0.39 is 5.63 Å². The molecule has 0 saturated heterocycles. The normalized spacial score (nSPS) is 11.2. The van der Waals surface area contributed by atoms with Crippen molar-refractivity contribution in [2.75, 3.05) is 7.11 Å². The van der Waals surface area contributed by atoms with Gasteiger partial charge >= 0.3 is 5.63 Å². The summed E-state index contributed by atoms with van der Waals surface area (Å²) in [7, 11) is 1.57. The van der Waals surface area contributed by atoms with Crippen molar-refractivity contribution in [3.63, 3.8) is 0 Å². The maximum absolute atomic E-state index is 12.3. The average molecular weight is 306 g/mol. The molecule has 23 heavy (non-hydrogen) atoms. The van der Waals surface area contributed by atoms with Crippen LogP contribution in [0.5, 0.6) is 5.75 Å². The van der Waals surface area contributed by atoms with Gasteiger partial charge in [0, 0.05) is 11.5 Å². The van der Waals surface area contributed by atoms with E-state index in [1.165, 1.54) is 0 Å². The summed E-state index contributed by atoms with van der Waals surface area (Å²) < 4.78 is 10.6. The van der Waals surface area contributed by atoms with Crippen LogP contribution in [0.4, 0.5) is 0 Å². The third-order valence-corrected chi connectivity index (χ3v) is 3.84. The van der Waals surface area contributed by atoms with Gasteiger partial charge in [-0.05, 0) is 42.8 Å². The Kier molecular flexibility index (Phi) is 2.94. The second-order valence-electron chi connectivity index (χ2n) is 5.46. The molecule has 0 bridgehead atoms. The van der Waals surface area contributed by atoms with Gasteiger partial charge in [-0.2, -0.15) is 0 Å². The van der Waals surface area contributed by atoms with Gasteiger partial charge in [0.25, 0.3) is 0 Å². The van der Waals surface area contributed by atoms with Gasteiger partial charge in [0.05, 0.1) is 18.1 Å². The smallest absolute Gasteiger partial charge is 0.347 e. The van der Waals surface area contributed by atoms with Crippen LogP contribution in [0, 0.1) is 6.92 Å². The number of hydrogen-bond donors (Lipinski definition) is 1. The Morgan fingerprint density at radius 1 is 1.13 bits per heavy atom. The van der Waals surface area contributed by atoms with Crippen LogP contribution in [-0.2, 0) is 0 Å². The zero-order valence-corrected chi connectivity index (χ0v) is 12.7. The highest BCUT2D eigenvalue weighted by atomic mass is 16.5. The van der Waals surface area contributed by atoms with Gasteiger partial charge in [0.2, 0.25) is 0 Å². The van der Waals surface area contributed by atoms with Gasteiger partial charge in [-0.25, -0.2) is 9.78 Å². The fourth-order valence-corrected chi connectivity index (χ4v) is 2.63. The molecule has 0 amide bonds. The SMILES string of the molecule is COc1ccc2cc(-c3nc4ccc(C)cc4[nH]3)c(=O)oc2c1. The predicted molar refractivity (Wildman–Crippen MR) is 88.9 cm³/mol. The van der Waals surface area contributed by atoms with Gasteiger partial charge in [-0.3, -0.25) is 0 Å². The summed E-state index contributed by atoms with van der Waals surface area (Å²) in [5.41, 5.74) is 3.32. The van der Waals surface area contributed by atoms with Gasteiger partial charge in [0.1, 0.15) is 22.7 Å². The summed E-state index contributed by atoms with van der Waals surface area (Å²) in [6.45, 7) is 2.01. The van der Waals surface area contributed by atoms with E-state index >= 15 is 0 Å². The van der Waals surface area contributed by atoms with Gasteiger partial charge in [-0.15, -0.1) is 0 Å². The molecule has 5 heteroatoms. The van der Waals surface area contributed by atoms with Crippen LogP contribution in [0.2, 0.25) is 0 Å². The molecule has 2 aromatic heterocycles. The first kappa shape index (κ1) is 13.6. The quantitative estimate of drug-likeness (QED) is 0.574. The molecule has 4 aromatic rings. The third-order valence-electron chi connectivity index (χ3n) is 3.84. The van der Waals surface area contributed by atoms with Crippen LogP contribution >= 0.6 is 0 Å². The Balaban J connectivity index is 1.92. The minimum Gasteiger partial charge on any atom is -0.497 e. The van der Waals surface area contributed by atoms with Gasteiger partial charge in [-0.1, -0.05) is 6.07 Å². The minimum atomic E-state index is -0.429. The number of hydrogen-bond acceptors (Lipinski definition) is 4. The van der Waals surface area contributed by atoms with Crippen LogP contribution in [0.3, 0.4) is 0 Å². The number of nitrogens with one attached hydrogen (secondary N) is 1. The lowest BCUT2D eigenvalue weighted by Gasteiger charge is -2.02. The monoisotopic (exact) mass is 306 g/mol. The zero-order valence-electron chi connectivity index (χ0n) is 12.7. The van der Waals surface area contributed by atoms with Crippen molar-refractivity contribution in [1.82, 2.24) is 9.97 Å². The van der Waals surface area contributed by atoms with Crippen molar-refractivity contribution < 1.29 is 9.15 Å². The topological polar surface area (TPSA) is 68.1 Å². The van der Waals surface area contributed by atoms with E-state index in [0.717, 1.165) is 22.0 Å². The lowest BCUT2D eigenvalue weighted by molar-refractivity contribution is 0.414. The van der Waals surface area contributed by atoms with E-state index in [2.05, 4.69) is 9.97 Å². The average Bonchev–Trinajstić information content (AvgIpc) is 2.96. The van der Waals surface area contributed by atoms with Crippen molar-refractivity contribution in [2.24, 2.45) is 0 Å². The fourth-order valence-electron chi connectivity index (χ4n) is 2.63. The molecule has 0 saturated carbocycles. The van der Waals surface area contributed by atoms with Crippen molar-refractivity contribution >= 4 is 22.0 Å². The molecule has 0 spiro atoms. The van der Waals surface area contributed by atoms with E-state index in [0.29, 0.717) is 22.7 Å². The summed E-state index contributed by atoms with van der Waals surface area (Å²) in [6.07, 6.45) is 0. The number of rotatable bonds is 2. The third kappa shape index (κ3) is 2.26. The minimum absolute atomic E-state index is 0.413. The highest BCUT2D eigenvalue weighted by Gasteiger charge is 2.12. The van der Waals surface area contributed by atoms with Crippen LogP contribution in [0.25, 0.3) is 33.4 Å². The van der Waals surface area contributed by atoms with Gasteiger partial charge in [0.15, 0.2) is 0 Å². The highest BCUT2D eigenvalue weighted by Crippen LogP contribution is 2.24. The largest absolute Gasteiger partial charge is 0.497 e. The molecule has 1 N–H and O–H groups in total. The second kappa shape index (κ2) is 4.98. The molecule has 114 valence electrons. The Bertz CT molecular complexity index is 1090. The number of aromatic amines is 1. The maximum Gasteiger partial charge on any atom is 0.347 e. The number of aromatic nitrogens is 2. The number of ether oxygens (including phenoxy) is 1. The molecule has 5 nitrogen and oxygen atoms in total. The first-order valence-corrected chi connectivity index (χ1v) is 7.23. The number of fused-ring (bicyclic) bond motifs is 2. The standard InChI is InChI=1S/C18H14N2O3/c1-10-3-6-14-15(7-10)20-17(19-14)13-8-11-4-5-12(22-2)9-16(11)23-18(13)21/h3-9H,1-2H3,(H,19,20). The van der Waals surface area contributed by atoms with Crippen molar-refractivity contribution in [3.05, 3.63) is 58.4 Å². The lowest BCUT2D eigenvalue weighted by Crippen LogP contribution is -2.03. The molecule has 0 radical (unpaired) electrons. The molecule has 0 atom stereocenters. The van der Waals surface area contributed by atoms with Crippen molar-refractivity contribution in [2.45, 2.75) is 6.92 Å². The van der Waals surface area contributed by atoms with Crippen LogP contribution in [0.1, 0.15) is 5.56 Å². The summed E-state index contributed by atoms with van der Waals surface area (Å²) >= 11 is 0. The van der Waals surface area contributed by atoms with Crippen LogP contribution < -0.4 is 10.4 Å². The molecule has 2 aromatic carbocycles. The number of aryl methyl sites for hydroxylation is 1. The molecule has 0 aliphatic carbocycles. The second-order valence-corrected chi connectivity index (χ2v) is 5.46. The van der Waals surface area contributed by atoms with Crippen molar-refractivity contribution in [1.29, 1.82) is 0 Å². The first-order valence-electron chi connectivity index (χ1n) is 7.23. The molecular weight excluding hydrogens is 292 g/mol. The van der Waals surface area contributed by atoms with Crippen molar-refractivity contribution in [3.8, 4) is 17.1 Å². The molecule has 2 heterocycles. The van der Waals surface area contributed by atoms with E-state index in [4.69, 9.17) is 9.15 Å². The highest BCUT2D eigenvalue weighted by molar-refractivity contribution is 5.84. The first-order chi connectivity index (χ1) is 11.1. The molecule has 0 unspecified atom stereocenters. The fraction of sp³-hybridized carbons (Fsp3) is 0.111. The Hall–Kier alpha value is -3.08. The number of imidazole rings is 1. The lowest BCUT2D eigenvalue weighted by atomic mass is 10.1. The van der Waals surface area contributed by atoms with E-state index in [1.54, 1.807) is 19.2 Å². The van der Waals surface area contributed by atoms with Crippen LogP contribution in [-0.4, -0.2) is 17.1 Å². The summed E-state index contributed by atoms with van der Waals surface area (Å²) in [5, 5.41) is 0.817. The van der Waals surface area contributed by atoms with Gasteiger partial charge < -0.3 is 14.1 Å². The molecule has 0 fully saturated rings. The Labute approximate surface area is 131 Å². The molecular formula is C18H14N2O3. The number of H-pyrrole nitrogens is 1. The van der Waals surface area contributed by atoms with E-state index in [1.807, 2.05) is 37.3 Å². The van der Waals surface area contributed by atoms with E-state index in [-0.39, 0.29) is 0 Å². The Morgan fingerprint density at radius 3 is 2.83 bits per heavy atom. The number of benzene rings is 2. The summed E-state index contributed by atoms with van der Waals surface area (Å²) in [6, 6.07) is 13.1. The van der Waals surface area contributed by atoms with E-state index in [9.17, 15) is 4.79 Å². The molecule has 4 rings (SSSR count). The van der Waals surface area contributed by atoms with Crippen LogP contribution in [0.15, 0.2) is 51.7 Å². The molecule has 0 aliphatic rings. The predicted octanol–water partition coefficient (Wildman–Crippen LogP) is 3.65. The Morgan fingerprint density at radius 2 is 2.00 bits per heavy atom. The maximum atomic E-state index is 12.3. The number of methoxy groups -OCH3 is 1. The summed E-state index contributed by atoms with van der Waals surface area (Å²) in [4.78, 5) is 20.0. The molecule has 0 aliphatic heterocycles. The summed E-state index contributed by atoms with van der Waals surface area (Å²) in [5.74, 6) is 1.16. The zero-order chi connectivity index (χ0) is 16.0.